The molecule has 0 bridgehead atoms. The molecule has 1 amide bonds. The van der Waals surface area contributed by atoms with Crippen molar-refractivity contribution >= 4 is 17.8 Å². The fourth-order valence-corrected chi connectivity index (χ4v) is 2.44. The standard InChI is InChI=1S/C13H18N2O4.C2HF3O2/c1-8-2-3-9(13(17)18)7-15(8)12(16)10-4-5-19-11(10)6-14;3-2(4,5)1(6)7/h4-5,8-9H,2-3,6-7,14H2,1H3,(H,17,18);(H,6,7). The van der Waals surface area contributed by atoms with E-state index < -0.39 is 24.0 Å². The number of hydrogen-bond acceptors (Lipinski definition) is 5. The molecule has 4 N–H and O–H groups in total. The molecule has 146 valence electrons. The van der Waals surface area contributed by atoms with Crippen molar-refractivity contribution in [3.63, 3.8) is 0 Å². The van der Waals surface area contributed by atoms with Gasteiger partial charge in [0.25, 0.3) is 5.91 Å². The van der Waals surface area contributed by atoms with Crippen molar-refractivity contribution in [3.05, 3.63) is 23.7 Å². The molecular formula is C15H19F3N2O6. The Balaban J connectivity index is 0.000000412. The average Bonchev–Trinajstić information content (AvgIpc) is 3.02. The number of piperidine rings is 1. The monoisotopic (exact) mass is 380 g/mol. The number of halogens is 3. The van der Waals surface area contributed by atoms with E-state index in [2.05, 4.69) is 0 Å². The molecule has 1 saturated heterocycles. The van der Waals surface area contributed by atoms with E-state index in [1.165, 1.54) is 6.26 Å². The number of carbonyl (C=O) groups is 3. The van der Waals surface area contributed by atoms with Gasteiger partial charge in [0, 0.05) is 12.6 Å². The summed E-state index contributed by atoms with van der Waals surface area (Å²) in [5.41, 5.74) is 5.94. The third-order valence-corrected chi connectivity index (χ3v) is 3.90. The lowest BCUT2D eigenvalue weighted by Crippen LogP contribution is -2.47. The molecule has 0 saturated carbocycles. The molecule has 1 aliphatic rings. The summed E-state index contributed by atoms with van der Waals surface area (Å²) in [7, 11) is 0. The number of furan rings is 1. The molecule has 0 radical (unpaired) electrons. The maximum atomic E-state index is 12.4. The molecule has 26 heavy (non-hydrogen) atoms. The molecule has 2 unspecified atom stereocenters. The Morgan fingerprint density at radius 1 is 1.31 bits per heavy atom. The second kappa shape index (κ2) is 8.70. The zero-order valence-corrected chi connectivity index (χ0v) is 13.8. The predicted octanol–water partition coefficient (Wildman–Crippen LogP) is 1.70. The Labute approximate surface area is 146 Å². The van der Waals surface area contributed by atoms with Gasteiger partial charge in [0.05, 0.1) is 24.3 Å². The largest absolute Gasteiger partial charge is 0.490 e. The summed E-state index contributed by atoms with van der Waals surface area (Å²) < 4.78 is 36.9. The summed E-state index contributed by atoms with van der Waals surface area (Å²) in [6.07, 6.45) is -2.35. The van der Waals surface area contributed by atoms with Gasteiger partial charge in [-0.1, -0.05) is 0 Å². The zero-order chi connectivity index (χ0) is 20.1. The number of rotatable bonds is 3. The fraction of sp³-hybridized carbons (Fsp3) is 0.533. The number of carbonyl (C=O) groups excluding carboxylic acids is 1. The number of amides is 1. The Kier molecular flexibility index (Phi) is 7.19. The van der Waals surface area contributed by atoms with Crippen LogP contribution >= 0.6 is 0 Å². The topological polar surface area (TPSA) is 134 Å². The number of carboxylic acids is 2. The lowest BCUT2D eigenvalue weighted by molar-refractivity contribution is -0.192. The van der Waals surface area contributed by atoms with Crippen molar-refractivity contribution in [2.45, 2.75) is 38.5 Å². The van der Waals surface area contributed by atoms with Gasteiger partial charge < -0.3 is 25.3 Å². The number of nitrogens with zero attached hydrogens (tertiary/aromatic N) is 1. The van der Waals surface area contributed by atoms with Gasteiger partial charge in [-0.15, -0.1) is 0 Å². The Hall–Kier alpha value is -2.56. The number of likely N-dealkylation sites (tertiary alicyclic amines) is 1. The van der Waals surface area contributed by atoms with Crippen molar-refractivity contribution in [3.8, 4) is 0 Å². The van der Waals surface area contributed by atoms with E-state index in [9.17, 15) is 22.8 Å². The van der Waals surface area contributed by atoms with Gasteiger partial charge >= 0.3 is 18.1 Å². The first-order valence-electron chi connectivity index (χ1n) is 7.59. The SMILES string of the molecule is CC1CCC(C(=O)O)CN1C(=O)c1ccoc1CN.O=C(O)C(F)(F)F. The Morgan fingerprint density at radius 2 is 1.88 bits per heavy atom. The van der Waals surface area contributed by atoms with Crippen LogP contribution in [0.2, 0.25) is 0 Å². The van der Waals surface area contributed by atoms with Gasteiger partial charge in [-0.2, -0.15) is 13.2 Å². The predicted molar refractivity (Wildman–Crippen MR) is 81.1 cm³/mol. The molecule has 2 rings (SSSR count). The van der Waals surface area contributed by atoms with E-state index >= 15 is 0 Å². The van der Waals surface area contributed by atoms with Gasteiger partial charge in [-0.3, -0.25) is 9.59 Å². The molecule has 2 atom stereocenters. The Morgan fingerprint density at radius 3 is 2.35 bits per heavy atom. The molecule has 8 nitrogen and oxygen atoms in total. The van der Waals surface area contributed by atoms with Gasteiger partial charge in [0.15, 0.2) is 0 Å². The second-order valence-corrected chi connectivity index (χ2v) is 5.68. The van der Waals surface area contributed by atoms with E-state index in [4.69, 9.17) is 25.2 Å². The third kappa shape index (κ3) is 5.48. The zero-order valence-electron chi connectivity index (χ0n) is 13.8. The minimum atomic E-state index is -5.08. The highest BCUT2D eigenvalue weighted by Gasteiger charge is 2.38. The van der Waals surface area contributed by atoms with E-state index in [0.717, 1.165) is 0 Å². The molecule has 1 aliphatic heterocycles. The van der Waals surface area contributed by atoms with Crippen LogP contribution in [0.15, 0.2) is 16.7 Å². The fourth-order valence-electron chi connectivity index (χ4n) is 2.44. The smallest absolute Gasteiger partial charge is 0.481 e. The van der Waals surface area contributed by atoms with Crippen LogP contribution in [0, 0.1) is 5.92 Å². The summed E-state index contributed by atoms with van der Waals surface area (Å²) in [5.74, 6) is -3.86. The first-order valence-corrected chi connectivity index (χ1v) is 7.59. The lowest BCUT2D eigenvalue weighted by Gasteiger charge is -2.36. The first-order chi connectivity index (χ1) is 12.0. The van der Waals surface area contributed by atoms with Crippen LogP contribution in [-0.2, 0) is 16.1 Å². The molecule has 0 aromatic carbocycles. The number of carboxylic acid groups (broad SMARTS) is 2. The van der Waals surface area contributed by atoms with Crippen molar-refractivity contribution in [1.82, 2.24) is 4.90 Å². The van der Waals surface area contributed by atoms with Crippen molar-refractivity contribution < 1.29 is 42.2 Å². The van der Waals surface area contributed by atoms with E-state index in [1.54, 1.807) is 11.0 Å². The van der Waals surface area contributed by atoms with Crippen molar-refractivity contribution in [2.75, 3.05) is 6.54 Å². The molecular weight excluding hydrogens is 361 g/mol. The summed E-state index contributed by atoms with van der Waals surface area (Å²) >= 11 is 0. The average molecular weight is 380 g/mol. The number of hydrogen-bond donors (Lipinski definition) is 3. The highest BCUT2D eigenvalue weighted by molar-refractivity contribution is 5.95. The maximum Gasteiger partial charge on any atom is 0.490 e. The first kappa shape index (κ1) is 21.5. The molecule has 11 heteroatoms. The maximum absolute atomic E-state index is 12.4. The van der Waals surface area contributed by atoms with Crippen LogP contribution in [0.4, 0.5) is 13.2 Å². The molecule has 0 aliphatic carbocycles. The molecule has 1 aromatic rings. The van der Waals surface area contributed by atoms with Crippen LogP contribution in [0.25, 0.3) is 0 Å². The summed E-state index contributed by atoms with van der Waals surface area (Å²) in [4.78, 5) is 34.0. The third-order valence-electron chi connectivity index (χ3n) is 3.90. The van der Waals surface area contributed by atoms with Crippen molar-refractivity contribution in [1.29, 1.82) is 0 Å². The number of alkyl halides is 3. The minimum Gasteiger partial charge on any atom is -0.481 e. The highest BCUT2D eigenvalue weighted by atomic mass is 19.4. The minimum absolute atomic E-state index is 0.0311. The highest BCUT2D eigenvalue weighted by Crippen LogP contribution is 2.25. The van der Waals surface area contributed by atoms with Gasteiger partial charge in [-0.05, 0) is 25.8 Å². The van der Waals surface area contributed by atoms with Crippen LogP contribution < -0.4 is 5.73 Å². The van der Waals surface area contributed by atoms with Crippen LogP contribution in [0.3, 0.4) is 0 Å². The van der Waals surface area contributed by atoms with Crippen LogP contribution in [0.5, 0.6) is 0 Å². The van der Waals surface area contributed by atoms with Crippen LogP contribution in [0.1, 0.15) is 35.9 Å². The Bertz CT molecular complexity index is 658. The lowest BCUT2D eigenvalue weighted by atomic mass is 9.93. The second-order valence-electron chi connectivity index (χ2n) is 5.68. The van der Waals surface area contributed by atoms with Crippen LogP contribution in [-0.4, -0.2) is 51.7 Å². The molecule has 1 aromatic heterocycles. The van der Waals surface area contributed by atoms with Gasteiger partial charge in [-0.25, -0.2) is 4.79 Å². The summed E-state index contributed by atoms with van der Waals surface area (Å²) in [6, 6.07) is 1.62. The van der Waals surface area contributed by atoms with Gasteiger partial charge in [0.1, 0.15) is 5.76 Å². The molecule has 2 heterocycles. The number of aliphatic carboxylic acids is 2. The van der Waals surface area contributed by atoms with E-state index in [0.29, 0.717) is 24.2 Å². The normalized spacial score (nSPS) is 20.1. The molecule has 1 fully saturated rings. The summed E-state index contributed by atoms with van der Waals surface area (Å²) in [6.45, 7) is 2.32. The van der Waals surface area contributed by atoms with Crippen molar-refractivity contribution in [2.24, 2.45) is 11.7 Å². The van der Waals surface area contributed by atoms with Gasteiger partial charge in [0.2, 0.25) is 0 Å². The number of nitrogens with two attached hydrogens (primary N) is 1. The van der Waals surface area contributed by atoms with E-state index in [1.807, 2.05) is 6.92 Å². The summed E-state index contributed by atoms with van der Waals surface area (Å²) in [5, 5.41) is 16.2. The van der Waals surface area contributed by atoms with E-state index in [-0.39, 0.29) is 25.0 Å². The quantitative estimate of drug-likeness (QED) is 0.726. The molecule has 0 spiro atoms.